The number of anilines is 1. The van der Waals surface area contributed by atoms with Gasteiger partial charge in [0.15, 0.2) is 0 Å². The minimum atomic E-state index is -0.557. The van der Waals surface area contributed by atoms with E-state index < -0.39 is 11.6 Å². The first-order valence-electron chi connectivity index (χ1n) is 6.90. The fraction of sp³-hybridized carbons (Fsp3) is 0.600. The number of benzene rings is 1. The van der Waals surface area contributed by atoms with Crippen LogP contribution in [-0.2, 0) is 0 Å². The number of hydrogen-bond acceptors (Lipinski definition) is 1. The Hall–Kier alpha value is -0.640. The Kier molecular flexibility index (Phi) is 4.82. The van der Waals surface area contributed by atoms with E-state index in [1.54, 1.807) is 0 Å². The smallest absolute Gasteiger partial charge is 0.150 e. The molecular weight excluding hydrogens is 312 g/mol. The molecule has 1 aromatic rings. The summed E-state index contributed by atoms with van der Waals surface area (Å²) in [5.74, 6) is 0.0316. The van der Waals surface area contributed by atoms with Gasteiger partial charge < -0.3 is 5.32 Å². The highest BCUT2D eigenvalue weighted by atomic mass is 79.9. The van der Waals surface area contributed by atoms with Crippen LogP contribution in [0.4, 0.5) is 14.5 Å². The molecule has 0 spiro atoms. The van der Waals surface area contributed by atoms with Crippen LogP contribution in [0.1, 0.15) is 39.5 Å². The van der Waals surface area contributed by atoms with Crippen molar-refractivity contribution in [3.8, 4) is 0 Å². The lowest BCUT2D eigenvalue weighted by Crippen LogP contribution is -2.35. The summed E-state index contributed by atoms with van der Waals surface area (Å²) in [6, 6.07) is 2.50. The van der Waals surface area contributed by atoms with Gasteiger partial charge in [-0.05, 0) is 46.7 Å². The summed E-state index contributed by atoms with van der Waals surface area (Å²) in [6.07, 6.45) is 4.64. The Morgan fingerprint density at radius 1 is 1.21 bits per heavy atom. The summed E-state index contributed by atoms with van der Waals surface area (Å²) >= 11 is 3.24. The zero-order chi connectivity index (χ0) is 14.0. The summed E-state index contributed by atoms with van der Waals surface area (Å²) in [4.78, 5) is 0. The van der Waals surface area contributed by atoms with E-state index in [1.165, 1.54) is 25.3 Å². The van der Waals surface area contributed by atoms with Gasteiger partial charge in [0.2, 0.25) is 0 Å². The van der Waals surface area contributed by atoms with Crippen molar-refractivity contribution in [2.45, 2.75) is 45.6 Å². The lowest BCUT2D eigenvalue weighted by Gasteiger charge is -2.35. The molecule has 2 atom stereocenters. The van der Waals surface area contributed by atoms with Gasteiger partial charge in [0, 0.05) is 16.6 Å². The predicted octanol–water partition coefficient (Wildman–Crippen LogP) is 5.35. The molecular formula is C15H20BrF2N. The van der Waals surface area contributed by atoms with Crippen molar-refractivity contribution in [2.75, 3.05) is 5.32 Å². The van der Waals surface area contributed by atoms with Crippen LogP contribution in [0.15, 0.2) is 16.6 Å². The third-order valence-electron chi connectivity index (χ3n) is 4.01. The van der Waals surface area contributed by atoms with E-state index in [0.717, 1.165) is 12.5 Å². The first kappa shape index (κ1) is 14.8. The number of nitrogens with one attached hydrogen (secondary N) is 1. The van der Waals surface area contributed by atoms with Crippen LogP contribution in [-0.4, -0.2) is 6.04 Å². The second-order valence-corrected chi connectivity index (χ2v) is 6.54. The van der Waals surface area contributed by atoms with Gasteiger partial charge >= 0.3 is 0 Å². The van der Waals surface area contributed by atoms with E-state index in [4.69, 9.17) is 0 Å². The Balaban J connectivity index is 2.19. The summed E-state index contributed by atoms with van der Waals surface area (Å²) in [5, 5.41) is 3.29. The zero-order valence-electron chi connectivity index (χ0n) is 11.3. The maximum Gasteiger partial charge on any atom is 0.150 e. The van der Waals surface area contributed by atoms with Crippen molar-refractivity contribution in [1.82, 2.24) is 0 Å². The Morgan fingerprint density at radius 2 is 1.89 bits per heavy atom. The van der Waals surface area contributed by atoms with E-state index in [1.807, 2.05) is 0 Å². The van der Waals surface area contributed by atoms with Crippen molar-refractivity contribution in [1.29, 1.82) is 0 Å². The minimum absolute atomic E-state index is 0.269. The van der Waals surface area contributed by atoms with E-state index in [-0.39, 0.29) is 6.04 Å². The molecule has 2 rings (SSSR count). The van der Waals surface area contributed by atoms with E-state index in [2.05, 4.69) is 35.1 Å². The molecule has 106 valence electrons. The van der Waals surface area contributed by atoms with E-state index in [0.29, 0.717) is 22.0 Å². The van der Waals surface area contributed by atoms with Gasteiger partial charge in [0.05, 0.1) is 5.69 Å². The molecule has 0 saturated heterocycles. The van der Waals surface area contributed by atoms with Crippen LogP contribution in [0, 0.1) is 23.5 Å². The van der Waals surface area contributed by atoms with Crippen LogP contribution < -0.4 is 5.32 Å². The van der Waals surface area contributed by atoms with Crippen LogP contribution in [0.2, 0.25) is 0 Å². The average molecular weight is 332 g/mol. The summed E-state index contributed by atoms with van der Waals surface area (Å²) < 4.78 is 27.4. The number of rotatable bonds is 3. The number of hydrogen-bond donors (Lipinski definition) is 1. The van der Waals surface area contributed by atoms with Crippen LogP contribution in [0.25, 0.3) is 0 Å². The topological polar surface area (TPSA) is 12.0 Å². The standard InChI is InChI=1S/C15H20BrF2N/c1-9(2)11-5-3-4-6-14(11)19-15-12(16)7-10(17)8-13(15)18/h7-9,11,14,19H,3-6H2,1-2H3. The molecule has 4 heteroatoms. The van der Waals surface area contributed by atoms with Gasteiger partial charge in [0.1, 0.15) is 11.6 Å². The maximum absolute atomic E-state index is 13.9. The molecule has 1 nitrogen and oxygen atoms in total. The fourth-order valence-electron chi connectivity index (χ4n) is 3.00. The number of halogens is 3. The zero-order valence-corrected chi connectivity index (χ0v) is 12.9. The molecule has 1 saturated carbocycles. The highest BCUT2D eigenvalue weighted by Crippen LogP contribution is 2.35. The molecule has 2 unspecified atom stereocenters. The van der Waals surface area contributed by atoms with Crippen molar-refractivity contribution in [3.63, 3.8) is 0 Å². The molecule has 1 fully saturated rings. The summed E-state index contributed by atoms with van der Waals surface area (Å²) in [5.41, 5.74) is 0.388. The molecule has 0 heterocycles. The van der Waals surface area contributed by atoms with Gasteiger partial charge in [-0.25, -0.2) is 8.78 Å². The third-order valence-corrected chi connectivity index (χ3v) is 4.64. The molecule has 0 amide bonds. The molecule has 1 aliphatic carbocycles. The molecule has 0 radical (unpaired) electrons. The third kappa shape index (κ3) is 3.47. The van der Waals surface area contributed by atoms with Gasteiger partial charge in [-0.2, -0.15) is 0 Å². The maximum atomic E-state index is 13.9. The SMILES string of the molecule is CC(C)C1CCCCC1Nc1c(F)cc(F)cc1Br. The Labute approximate surface area is 121 Å². The lowest BCUT2D eigenvalue weighted by atomic mass is 9.78. The second-order valence-electron chi connectivity index (χ2n) is 5.69. The highest BCUT2D eigenvalue weighted by molar-refractivity contribution is 9.10. The molecule has 0 aliphatic heterocycles. The second kappa shape index (κ2) is 6.21. The highest BCUT2D eigenvalue weighted by Gasteiger charge is 2.28. The summed E-state index contributed by atoms with van der Waals surface area (Å²) in [7, 11) is 0. The van der Waals surface area contributed by atoms with Crippen LogP contribution in [0.3, 0.4) is 0 Å². The molecule has 0 aromatic heterocycles. The van der Waals surface area contributed by atoms with Crippen molar-refractivity contribution >= 4 is 21.6 Å². The van der Waals surface area contributed by atoms with E-state index in [9.17, 15) is 8.78 Å². The Bertz CT molecular complexity index is 425. The van der Waals surface area contributed by atoms with E-state index >= 15 is 0 Å². The largest absolute Gasteiger partial charge is 0.379 e. The quantitative estimate of drug-likeness (QED) is 0.786. The predicted molar refractivity (Wildman–Crippen MR) is 78.3 cm³/mol. The monoisotopic (exact) mass is 331 g/mol. The lowest BCUT2D eigenvalue weighted by molar-refractivity contribution is 0.253. The average Bonchev–Trinajstić information content (AvgIpc) is 2.34. The normalized spacial score (nSPS) is 23.7. The first-order chi connectivity index (χ1) is 8.99. The molecule has 0 bridgehead atoms. The van der Waals surface area contributed by atoms with Crippen molar-refractivity contribution in [3.05, 3.63) is 28.2 Å². The molecule has 1 aromatic carbocycles. The van der Waals surface area contributed by atoms with Crippen LogP contribution in [0.5, 0.6) is 0 Å². The molecule has 1 N–H and O–H groups in total. The summed E-state index contributed by atoms with van der Waals surface area (Å²) in [6.45, 7) is 4.42. The van der Waals surface area contributed by atoms with Gasteiger partial charge in [-0.1, -0.05) is 26.7 Å². The van der Waals surface area contributed by atoms with Crippen molar-refractivity contribution in [2.24, 2.45) is 11.8 Å². The van der Waals surface area contributed by atoms with Crippen molar-refractivity contribution < 1.29 is 8.78 Å². The minimum Gasteiger partial charge on any atom is -0.379 e. The van der Waals surface area contributed by atoms with Gasteiger partial charge in [-0.15, -0.1) is 0 Å². The molecule has 19 heavy (non-hydrogen) atoms. The van der Waals surface area contributed by atoms with Gasteiger partial charge in [-0.3, -0.25) is 0 Å². The van der Waals surface area contributed by atoms with Gasteiger partial charge in [0.25, 0.3) is 0 Å². The molecule has 1 aliphatic rings. The van der Waals surface area contributed by atoms with Crippen LogP contribution >= 0.6 is 15.9 Å². The Morgan fingerprint density at radius 3 is 2.53 bits per heavy atom. The first-order valence-corrected chi connectivity index (χ1v) is 7.69. The fourth-order valence-corrected chi connectivity index (χ4v) is 3.52.